The SMILES string of the molecule is CCOC(=O)[C@@H](OC[C@H]1C[C@@H](n2cnc3cccc(Cl)c3c2=O)[C@H](O)[C@@H]1O)P(=O)(O)O.CCOC(=O)[C@H](OC[C@H]1C[C@@H](n2cnc3cccc(Cl)c3c2=O)[C@H](O)[C@@H]1O)P(=O)(O)O. The van der Waals surface area contributed by atoms with Gasteiger partial charge in [0, 0.05) is 11.8 Å². The molecule has 2 aromatic heterocycles. The van der Waals surface area contributed by atoms with Gasteiger partial charge in [-0.15, -0.1) is 0 Å². The molecule has 2 aliphatic rings. The Hall–Kier alpha value is -3.70. The molecule has 2 saturated carbocycles. The average Bonchev–Trinajstić information content (AvgIpc) is 3.63. The number of aliphatic hydroxyl groups is 4. The first-order valence-corrected chi connectivity index (χ1v) is 22.9. The summed E-state index contributed by atoms with van der Waals surface area (Å²) in [5.41, 5.74) is -0.262. The van der Waals surface area contributed by atoms with Crippen molar-refractivity contribution in [1.82, 2.24) is 19.1 Å². The summed E-state index contributed by atoms with van der Waals surface area (Å²) in [6.45, 7) is 1.81. The van der Waals surface area contributed by atoms with Gasteiger partial charge < -0.3 is 58.9 Å². The highest BCUT2D eigenvalue weighted by Gasteiger charge is 2.47. The van der Waals surface area contributed by atoms with Crippen LogP contribution >= 0.6 is 38.4 Å². The highest BCUT2D eigenvalue weighted by Crippen LogP contribution is 2.45. The van der Waals surface area contributed by atoms with E-state index in [0.717, 1.165) is 9.13 Å². The van der Waals surface area contributed by atoms with Crippen LogP contribution in [0.2, 0.25) is 10.0 Å². The number of halogens is 2. The van der Waals surface area contributed by atoms with Crippen LogP contribution in [-0.2, 0) is 37.7 Å². The number of nitrogens with zero attached hydrogens (tertiary/aromatic N) is 4. The molecular formula is C36H44Cl2N4O18P2. The second-order valence-corrected chi connectivity index (χ2v) is 18.4. The molecule has 26 heteroatoms. The molecule has 340 valence electrons. The quantitative estimate of drug-likeness (QED) is 0.0641. The summed E-state index contributed by atoms with van der Waals surface area (Å²) < 4.78 is 44.9. The topological polar surface area (TPSA) is 337 Å². The molecule has 10 atom stereocenters. The number of hydrogen-bond acceptors (Lipinski definition) is 16. The van der Waals surface area contributed by atoms with Gasteiger partial charge in [-0.25, -0.2) is 19.6 Å². The van der Waals surface area contributed by atoms with Crippen molar-refractivity contribution in [2.75, 3.05) is 26.4 Å². The number of carbonyl (C=O) groups is 2. The first-order valence-electron chi connectivity index (χ1n) is 18.8. The third-order valence-electron chi connectivity index (χ3n) is 10.3. The average molecular weight is 954 g/mol. The van der Waals surface area contributed by atoms with E-state index in [2.05, 4.69) is 19.4 Å². The monoisotopic (exact) mass is 952 g/mol. The van der Waals surface area contributed by atoms with Crippen molar-refractivity contribution in [3.8, 4) is 0 Å². The van der Waals surface area contributed by atoms with E-state index in [1.807, 2.05) is 0 Å². The van der Waals surface area contributed by atoms with Gasteiger partial charge in [-0.1, -0.05) is 35.3 Å². The van der Waals surface area contributed by atoms with Crippen LogP contribution in [-0.4, -0.2) is 134 Å². The van der Waals surface area contributed by atoms with Crippen LogP contribution < -0.4 is 11.1 Å². The molecule has 0 spiro atoms. The number of ether oxygens (including phenoxy) is 4. The van der Waals surface area contributed by atoms with Crippen molar-refractivity contribution in [1.29, 1.82) is 0 Å². The second-order valence-electron chi connectivity index (χ2n) is 14.3. The van der Waals surface area contributed by atoms with Crippen molar-refractivity contribution in [3.63, 3.8) is 0 Å². The molecule has 0 radical (unpaired) electrons. The Morgan fingerprint density at radius 2 is 1.03 bits per heavy atom. The minimum absolute atomic E-state index is 0.0244. The maximum absolute atomic E-state index is 12.9. The lowest BCUT2D eigenvalue weighted by Crippen LogP contribution is -2.35. The maximum atomic E-state index is 12.9. The summed E-state index contributed by atoms with van der Waals surface area (Å²) in [6, 6.07) is 7.80. The largest absolute Gasteiger partial charge is 0.464 e. The molecular weight excluding hydrogens is 909 g/mol. The van der Waals surface area contributed by atoms with Crippen molar-refractivity contribution in [3.05, 3.63) is 79.8 Å². The van der Waals surface area contributed by atoms with Gasteiger partial charge in [0.25, 0.3) is 22.8 Å². The molecule has 62 heavy (non-hydrogen) atoms. The fourth-order valence-electron chi connectivity index (χ4n) is 7.29. The van der Waals surface area contributed by atoms with E-state index in [4.69, 9.17) is 32.7 Å². The minimum Gasteiger partial charge on any atom is -0.464 e. The highest BCUT2D eigenvalue weighted by atomic mass is 35.5. The molecule has 0 bridgehead atoms. The summed E-state index contributed by atoms with van der Waals surface area (Å²) in [7, 11) is -9.98. The van der Waals surface area contributed by atoms with Gasteiger partial charge >= 0.3 is 27.1 Å². The Kier molecular flexibility index (Phi) is 16.2. The second kappa shape index (κ2) is 20.4. The fourth-order valence-corrected chi connectivity index (χ4v) is 9.05. The van der Waals surface area contributed by atoms with E-state index in [-0.39, 0.29) is 46.9 Å². The normalized spacial score (nSPS) is 25.0. The zero-order chi connectivity index (χ0) is 45.8. The van der Waals surface area contributed by atoms with E-state index in [1.54, 1.807) is 24.3 Å². The van der Waals surface area contributed by atoms with Gasteiger partial charge in [0.15, 0.2) is 0 Å². The number of aromatic nitrogens is 4. The predicted molar refractivity (Wildman–Crippen MR) is 217 cm³/mol. The van der Waals surface area contributed by atoms with Gasteiger partial charge in [0.05, 0.1) is 95.2 Å². The van der Waals surface area contributed by atoms with Crippen molar-refractivity contribution in [2.45, 2.75) is 74.9 Å². The lowest BCUT2D eigenvalue weighted by molar-refractivity contribution is -0.154. The predicted octanol–water partition coefficient (Wildman–Crippen LogP) is 0.832. The zero-order valence-corrected chi connectivity index (χ0v) is 36.0. The summed E-state index contributed by atoms with van der Waals surface area (Å²) in [5.74, 6) is -8.41. The number of esters is 2. The van der Waals surface area contributed by atoms with Gasteiger partial charge in [0.1, 0.15) is 12.2 Å². The lowest BCUT2D eigenvalue weighted by atomic mass is 10.1. The van der Waals surface area contributed by atoms with E-state index in [0.29, 0.717) is 11.0 Å². The van der Waals surface area contributed by atoms with Crippen LogP contribution in [0.15, 0.2) is 58.6 Å². The Bertz CT molecular complexity index is 2310. The molecule has 6 rings (SSSR count). The molecule has 2 aromatic carbocycles. The maximum Gasteiger partial charge on any atom is 0.365 e. The molecule has 0 saturated heterocycles. The molecule has 0 aliphatic heterocycles. The van der Waals surface area contributed by atoms with Gasteiger partial charge in [-0.05, 0) is 51.0 Å². The van der Waals surface area contributed by atoms with Crippen LogP contribution in [0.3, 0.4) is 0 Å². The Morgan fingerprint density at radius 1 is 0.677 bits per heavy atom. The summed E-state index contributed by atoms with van der Waals surface area (Å²) in [5, 5.41) is 42.5. The van der Waals surface area contributed by atoms with Crippen LogP contribution in [0.4, 0.5) is 0 Å². The minimum atomic E-state index is -4.99. The van der Waals surface area contributed by atoms with Crippen molar-refractivity contribution >= 4 is 72.1 Å². The zero-order valence-electron chi connectivity index (χ0n) is 32.7. The standard InChI is InChI=1S/2C18H22ClN2O9P/c2*1-2-29-17(25)18(31(26,27)28)30-7-9-6-12(15(23)14(9)22)21-8-20-11-5-3-4-10(19)13(11)16(21)24/h2*3-5,8-9,12,14-15,18,22-23H,2,6-7H2,1H3,(H2,26,27,28)/t9-,12-,14-,15+,18+;9-,12-,14-,15+,18-/m11/s1. The number of rotatable bonds is 14. The summed E-state index contributed by atoms with van der Waals surface area (Å²) in [4.78, 5) is 95.2. The van der Waals surface area contributed by atoms with Gasteiger partial charge in [0.2, 0.25) is 0 Å². The van der Waals surface area contributed by atoms with E-state index in [1.165, 1.54) is 38.6 Å². The first kappa shape index (κ1) is 49.3. The van der Waals surface area contributed by atoms with Gasteiger partial charge in [-0.2, -0.15) is 0 Å². The Labute approximate surface area is 360 Å². The number of carbonyl (C=O) groups excluding carboxylic acids is 2. The van der Waals surface area contributed by atoms with Crippen LogP contribution in [0.5, 0.6) is 0 Å². The van der Waals surface area contributed by atoms with Crippen molar-refractivity contribution < 1.29 is 77.7 Å². The Morgan fingerprint density at radius 3 is 1.35 bits per heavy atom. The van der Waals surface area contributed by atoms with Crippen LogP contribution in [0.1, 0.15) is 38.8 Å². The molecule has 22 nitrogen and oxygen atoms in total. The molecule has 4 aromatic rings. The van der Waals surface area contributed by atoms with E-state index >= 15 is 0 Å². The van der Waals surface area contributed by atoms with E-state index < -0.39 is 111 Å². The third-order valence-corrected chi connectivity index (χ3v) is 12.9. The van der Waals surface area contributed by atoms with Crippen LogP contribution in [0, 0.1) is 11.8 Å². The number of benzene rings is 2. The fraction of sp³-hybridized carbons (Fsp3) is 0.500. The molecule has 0 amide bonds. The van der Waals surface area contributed by atoms with E-state index in [9.17, 15) is 68.3 Å². The molecule has 0 unspecified atom stereocenters. The molecule has 2 fully saturated rings. The van der Waals surface area contributed by atoms with Gasteiger partial charge in [-0.3, -0.25) is 27.9 Å². The smallest absolute Gasteiger partial charge is 0.365 e. The molecule has 2 aliphatic carbocycles. The Balaban J connectivity index is 0.000000234. The number of aliphatic hydroxyl groups excluding tert-OH is 4. The first-order chi connectivity index (χ1) is 29.1. The summed E-state index contributed by atoms with van der Waals surface area (Å²) >= 11 is 12.2. The molecule has 2 heterocycles. The number of fused-ring (bicyclic) bond motifs is 2. The lowest BCUT2D eigenvalue weighted by Gasteiger charge is -2.21. The summed E-state index contributed by atoms with van der Waals surface area (Å²) in [6.07, 6.45) is -3.00. The van der Waals surface area contributed by atoms with Crippen molar-refractivity contribution in [2.24, 2.45) is 11.8 Å². The van der Waals surface area contributed by atoms with Crippen LogP contribution in [0.25, 0.3) is 21.8 Å². The molecule has 8 N–H and O–H groups in total. The third kappa shape index (κ3) is 10.8. The highest BCUT2D eigenvalue weighted by molar-refractivity contribution is 7.53. The number of hydrogen-bond donors (Lipinski definition) is 8.